The highest BCUT2D eigenvalue weighted by molar-refractivity contribution is 7.13. The Hall–Kier alpha value is -2.35. The molecule has 0 bridgehead atoms. The van der Waals surface area contributed by atoms with E-state index in [1.54, 1.807) is 17.0 Å². The molecule has 1 aromatic heterocycles. The molecule has 0 saturated carbocycles. The Labute approximate surface area is 159 Å². The predicted octanol–water partition coefficient (Wildman–Crippen LogP) is 4.17. The molecule has 4 nitrogen and oxygen atoms in total. The van der Waals surface area contributed by atoms with Gasteiger partial charge in [0.05, 0.1) is 16.5 Å². The van der Waals surface area contributed by atoms with Gasteiger partial charge in [-0.3, -0.25) is 9.59 Å². The second kappa shape index (κ2) is 7.72. The largest absolute Gasteiger partial charge is 0.416 e. The molecule has 1 aliphatic rings. The Morgan fingerprint density at radius 2 is 2.07 bits per heavy atom. The SMILES string of the molecule is Cc1ccc(C(=O)N[C@H](CN2CCCC2=O)c2cccc(C(F)(F)F)c2)s1. The molecule has 1 atom stereocenters. The number of carbonyl (C=O) groups excluding carboxylic acids is 2. The number of benzene rings is 1. The average molecular weight is 396 g/mol. The van der Waals surface area contributed by atoms with Crippen molar-refractivity contribution in [3.05, 3.63) is 57.3 Å². The lowest BCUT2D eigenvalue weighted by Crippen LogP contribution is -2.38. The van der Waals surface area contributed by atoms with Crippen LogP contribution in [0.1, 0.15) is 44.6 Å². The first kappa shape index (κ1) is 19.4. The van der Waals surface area contributed by atoms with Gasteiger partial charge in [0.2, 0.25) is 5.91 Å². The summed E-state index contributed by atoms with van der Waals surface area (Å²) < 4.78 is 39.2. The first-order valence-electron chi connectivity index (χ1n) is 8.56. The number of amides is 2. The highest BCUT2D eigenvalue weighted by Gasteiger charge is 2.32. The molecule has 3 rings (SSSR count). The van der Waals surface area contributed by atoms with E-state index in [0.29, 0.717) is 29.8 Å². The molecule has 1 fully saturated rings. The van der Waals surface area contributed by atoms with Crippen LogP contribution >= 0.6 is 11.3 Å². The molecule has 1 aliphatic heterocycles. The fourth-order valence-corrected chi connectivity index (χ4v) is 3.84. The first-order valence-corrected chi connectivity index (χ1v) is 9.38. The smallest absolute Gasteiger partial charge is 0.343 e. The van der Waals surface area contributed by atoms with Gasteiger partial charge in [-0.25, -0.2) is 0 Å². The first-order chi connectivity index (χ1) is 12.7. The Balaban J connectivity index is 1.87. The molecular formula is C19H19F3N2O2S. The van der Waals surface area contributed by atoms with Crippen LogP contribution in [0.4, 0.5) is 13.2 Å². The number of likely N-dealkylation sites (tertiary alicyclic amines) is 1. The number of aryl methyl sites for hydroxylation is 1. The van der Waals surface area contributed by atoms with Crippen LogP contribution in [-0.2, 0) is 11.0 Å². The number of rotatable bonds is 5. The summed E-state index contributed by atoms with van der Waals surface area (Å²) in [6.07, 6.45) is -3.33. The zero-order valence-electron chi connectivity index (χ0n) is 14.7. The molecule has 1 saturated heterocycles. The van der Waals surface area contributed by atoms with Gasteiger partial charge in [0.1, 0.15) is 0 Å². The third-order valence-electron chi connectivity index (χ3n) is 4.46. The molecule has 1 aromatic carbocycles. The van der Waals surface area contributed by atoms with Gasteiger partial charge in [0, 0.05) is 24.4 Å². The van der Waals surface area contributed by atoms with E-state index >= 15 is 0 Å². The van der Waals surface area contributed by atoms with Crippen LogP contribution in [0.3, 0.4) is 0 Å². The van der Waals surface area contributed by atoms with Crippen molar-refractivity contribution in [1.82, 2.24) is 10.2 Å². The van der Waals surface area contributed by atoms with Gasteiger partial charge in [0.25, 0.3) is 5.91 Å². The summed E-state index contributed by atoms with van der Waals surface area (Å²) in [5, 5.41) is 2.80. The van der Waals surface area contributed by atoms with Crippen molar-refractivity contribution in [3.8, 4) is 0 Å². The van der Waals surface area contributed by atoms with E-state index in [-0.39, 0.29) is 18.4 Å². The predicted molar refractivity (Wildman–Crippen MR) is 96.5 cm³/mol. The molecule has 2 aromatic rings. The molecule has 27 heavy (non-hydrogen) atoms. The molecule has 0 aliphatic carbocycles. The highest BCUT2D eigenvalue weighted by Crippen LogP contribution is 2.31. The van der Waals surface area contributed by atoms with Crippen LogP contribution in [0.2, 0.25) is 0 Å². The van der Waals surface area contributed by atoms with E-state index in [0.717, 1.165) is 17.0 Å². The molecule has 0 spiro atoms. The standard InChI is InChI=1S/C19H19F3N2O2S/c1-12-7-8-16(27-12)18(26)23-15(11-24-9-3-6-17(24)25)13-4-2-5-14(10-13)19(20,21)22/h2,4-5,7-8,10,15H,3,6,9,11H2,1H3,(H,23,26)/t15-/m1/s1. The summed E-state index contributed by atoms with van der Waals surface area (Å²) in [6, 6.07) is 7.66. The van der Waals surface area contributed by atoms with Crippen LogP contribution in [0.15, 0.2) is 36.4 Å². The number of thiophene rings is 1. The number of halogens is 3. The van der Waals surface area contributed by atoms with Crippen molar-refractivity contribution in [2.75, 3.05) is 13.1 Å². The molecule has 1 N–H and O–H groups in total. The molecule has 0 unspecified atom stereocenters. The summed E-state index contributed by atoms with van der Waals surface area (Å²) in [5.41, 5.74) is -0.454. The summed E-state index contributed by atoms with van der Waals surface area (Å²) in [7, 11) is 0. The Kier molecular flexibility index (Phi) is 5.55. The maximum atomic E-state index is 13.1. The number of alkyl halides is 3. The Morgan fingerprint density at radius 3 is 2.67 bits per heavy atom. The van der Waals surface area contributed by atoms with Gasteiger partial charge in [-0.15, -0.1) is 11.3 Å². The topological polar surface area (TPSA) is 49.4 Å². The van der Waals surface area contributed by atoms with E-state index in [1.807, 2.05) is 13.0 Å². The zero-order valence-corrected chi connectivity index (χ0v) is 15.5. The number of hydrogen-bond donors (Lipinski definition) is 1. The van der Waals surface area contributed by atoms with Gasteiger partial charge in [0.15, 0.2) is 0 Å². The van der Waals surface area contributed by atoms with Crippen LogP contribution in [0, 0.1) is 6.92 Å². The summed E-state index contributed by atoms with van der Waals surface area (Å²) in [6.45, 7) is 2.56. The van der Waals surface area contributed by atoms with Crippen LogP contribution in [0.5, 0.6) is 0 Å². The van der Waals surface area contributed by atoms with E-state index < -0.39 is 17.8 Å². The lowest BCUT2D eigenvalue weighted by molar-refractivity contribution is -0.137. The van der Waals surface area contributed by atoms with Gasteiger partial charge in [-0.1, -0.05) is 12.1 Å². The fraction of sp³-hybridized carbons (Fsp3) is 0.368. The van der Waals surface area contributed by atoms with Crippen molar-refractivity contribution < 1.29 is 22.8 Å². The molecule has 8 heteroatoms. The maximum Gasteiger partial charge on any atom is 0.416 e. The van der Waals surface area contributed by atoms with Gasteiger partial charge in [-0.05, 0) is 43.2 Å². The number of carbonyl (C=O) groups is 2. The number of hydrogen-bond acceptors (Lipinski definition) is 3. The van der Waals surface area contributed by atoms with Crippen molar-refractivity contribution in [2.45, 2.75) is 32.0 Å². The van der Waals surface area contributed by atoms with Gasteiger partial charge >= 0.3 is 6.18 Å². The lowest BCUT2D eigenvalue weighted by atomic mass is 10.0. The van der Waals surface area contributed by atoms with Gasteiger partial charge in [-0.2, -0.15) is 13.2 Å². The van der Waals surface area contributed by atoms with E-state index in [1.165, 1.54) is 17.4 Å². The zero-order chi connectivity index (χ0) is 19.6. The third-order valence-corrected chi connectivity index (χ3v) is 5.46. The van der Waals surface area contributed by atoms with Crippen LogP contribution in [-0.4, -0.2) is 29.8 Å². The number of nitrogens with zero attached hydrogens (tertiary/aromatic N) is 1. The lowest BCUT2D eigenvalue weighted by Gasteiger charge is -2.25. The van der Waals surface area contributed by atoms with Crippen molar-refractivity contribution in [3.63, 3.8) is 0 Å². The minimum Gasteiger partial charge on any atom is -0.343 e. The van der Waals surface area contributed by atoms with Crippen molar-refractivity contribution in [1.29, 1.82) is 0 Å². The minimum atomic E-state index is -4.47. The van der Waals surface area contributed by atoms with Crippen LogP contribution in [0.25, 0.3) is 0 Å². The minimum absolute atomic E-state index is 0.0480. The molecule has 144 valence electrons. The number of nitrogens with one attached hydrogen (secondary N) is 1. The van der Waals surface area contributed by atoms with Gasteiger partial charge < -0.3 is 10.2 Å². The quantitative estimate of drug-likeness (QED) is 0.825. The third kappa shape index (κ3) is 4.68. The van der Waals surface area contributed by atoms with Crippen molar-refractivity contribution in [2.24, 2.45) is 0 Å². The van der Waals surface area contributed by atoms with Crippen LogP contribution < -0.4 is 5.32 Å². The van der Waals surface area contributed by atoms with E-state index in [9.17, 15) is 22.8 Å². The fourth-order valence-electron chi connectivity index (χ4n) is 3.07. The molecule has 2 amide bonds. The summed E-state index contributed by atoms with van der Waals surface area (Å²) in [5.74, 6) is -0.407. The molecule has 0 radical (unpaired) electrons. The van der Waals surface area contributed by atoms with E-state index in [4.69, 9.17) is 0 Å². The maximum absolute atomic E-state index is 13.1. The van der Waals surface area contributed by atoms with Crippen molar-refractivity contribution >= 4 is 23.2 Å². The average Bonchev–Trinajstić information content (AvgIpc) is 3.22. The normalized spacial score (nSPS) is 15.9. The molecule has 2 heterocycles. The summed E-state index contributed by atoms with van der Waals surface area (Å²) in [4.78, 5) is 27.5. The monoisotopic (exact) mass is 396 g/mol. The molecular weight excluding hydrogens is 377 g/mol. The van der Waals surface area contributed by atoms with E-state index in [2.05, 4.69) is 5.32 Å². The highest BCUT2D eigenvalue weighted by atomic mass is 32.1. The second-order valence-corrected chi connectivity index (χ2v) is 7.79. The Morgan fingerprint density at radius 1 is 1.30 bits per heavy atom. The second-order valence-electron chi connectivity index (χ2n) is 6.50. The Bertz CT molecular complexity index is 847. The summed E-state index contributed by atoms with van der Waals surface area (Å²) >= 11 is 1.31.